The van der Waals surface area contributed by atoms with Crippen LogP contribution in [0.2, 0.25) is 0 Å². The molecule has 136 valence electrons. The molecule has 0 aromatic heterocycles. The molecular weight excluding hydrogens is 332 g/mol. The van der Waals surface area contributed by atoms with Crippen LogP contribution in [0.5, 0.6) is 11.5 Å². The van der Waals surface area contributed by atoms with Crippen molar-refractivity contribution >= 4 is 11.8 Å². The summed E-state index contributed by atoms with van der Waals surface area (Å²) in [5.41, 5.74) is 3.11. The lowest BCUT2D eigenvalue weighted by molar-refractivity contribution is -0.901. The lowest BCUT2D eigenvalue weighted by Gasteiger charge is -2.21. The monoisotopic (exact) mass is 355 g/mol. The highest BCUT2D eigenvalue weighted by Gasteiger charge is 2.36. The van der Waals surface area contributed by atoms with Crippen LogP contribution >= 0.6 is 0 Å². The first kappa shape index (κ1) is 17.9. The number of carbonyl (C=O) groups excluding carboxylic acids is 2. The van der Waals surface area contributed by atoms with Crippen LogP contribution < -0.4 is 14.4 Å². The molecule has 2 aromatic carbocycles. The van der Waals surface area contributed by atoms with Gasteiger partial charge in [-0.2, -0.15) is 0 Å². The molecule has 0 radical (unpaired) electrons. The number of methoxy groups -OCH3 is 2. The average Bonchev–Trinajstić information content (AvgIpc) is 2.88. The number of rotatable bonds is 6. The van der Waals surface area contributed by atoms with E-state index in [0.29, 0.717) is 35.8 Å². The predicted molar refractivity (Wildman–Crippen MR) is 96.7 cm³/mol. The summed E-state index contributed by atoms with van der Waals surface area (Å²) >= 11 is 0. The second kappa shape index (κ2) is 7.17. The van der Waals surface area contributed by atoms with Crippen molar-refractivity contribution < 1.29 is 24.0 Å². The van der Waals surface area contributed by atoms with Crippen LogP contribution in [0.15, 0.2) is 36.4 Å². The number of amides is 2. The third kappa shape index (κ3) is 3.15. The van der Waals surface area contributed by atoms with Gasteiger partial charge in [-0.05, 0) is 36.8 Å². The van der Waals surface area contributed by atoms with E-state index in [0.717, 1.165) is 16.0 Å². The minimum absolute atomic E-state index is 0.228. The van der Waals surface area contributed by atoms with E-state index in [4.69, 9.17) is 9.47 Å². The molecule has 26 heavy (non-hydrogen) atoms. The highest BCUT2D eigenvalue weighted by molar-refractivity contribution is 6.21. The summed E-state index contributed by atoms with van der Waals surface area (Å²) in [6, 6.07) is 10.8. The number of fused-ring (bicyclic) bond motifs is 1. The molecule has 2 aromatic rings. The number of imide groups is 1. The number of hydrogen-bond acceptors (Lipinski definition) is 4. The standard InChI is InChI=1S/C20H22N2O4/c1-13-9-17(25-3)18(26-4)10-14(13)11-21(2)12-22-19(23)15-7-5-6-8-16(15)20(22)24/h5-10H,11-12H2,1-4H3/p+1. The van der Waals surface area contributed by atoms with Crippen LogP contribution in [0, 0.1) is 6.92 Å². The second-order valence-electron chi connectivity index (χ2n) is 6.51. The molecular formula is C20H23N2O4+. The van der Waals surface area contributed by atoms with Crippen molar-refractivity contribution in [3.05, 3.63) is 58.7 Å². The van der Waals surface area contributed by atoms with Crippen molar-refractivity contribution in [2.24, 2.45) is 0 Å². The average molecular weight is 355 g/mol. The third-order valence-corrected chi connectivity index (χ3v) is 4.64. The zero-order valence-corrected chi connectivity index (χ0v) is 15.5. The van der Waals surface area contributed by atoms with E-state index in [-0.39, 0.29) is 11.8 Å². The van der Waals surface area contributed by atoms with Gasteiger partial charge in [0, 0.05) is 5.56 Å². The fourth-order valence-corrected chi connectivity index (χ4v) is 3.25. The number of hydrogen-bond donors (Lipinski definition) is 1. The largest absolute Gasteiger partial charge is 0.493 e. The number of nitrogens with one attached hydrogen (secondary N) is 1. The molecule has 1 unspecified atom stereocenters. The number of benzene rings is 2. The van der Waals surface area contributed by atoms with Gasteiger partial charge in [-0.25, -0.2) is 4.90 Å². The Morgan fingerprint density at radius 1 is 0.962 bits per heavy atom. The van der Waals surface area contributed by atoms with Crippen LogP contribution in [0.1, 0.15) is 31.8 Å². The number of quaternary nitrogens is 1. The first-order chi connectivity index (χ1) is 12.5. The molecule has 1 aliphatic rings. The molecule has 0 aliphatic carbocycles. The van der Waals surface area contributed by atoms with Crippen LogP contribution in [-0.2, 0) is 6.54 Å². The van der Waals surface area contributed by atoms with Gasteiger partial charge in [0.1, 0.15) is 6.54 Å². The Hall–Kier alpha value is -2.86. The van der Waals surface area contributed by atoms with Crippen molar-refractivity contribution in [1.82, 2.24) is 4.90 Å². The van der Waals surface area contributed by atoms with Crippen molar-refractivity contribution in [2.45, 2.75) is 13.5 Å². The van der Waals surface area contributed by atoms with E-state index < -0.39 is 0 Å². The molecule has 0 spiro atoms. The lowest BCUT2D eigenvalue weighted by Crippen LogP contribution is -3.09. The van der Waals surface area contributed by atoms with Crippen molar-refractivity contribution in [3.63, 3.8) is 0 Å². The molecule has 6 nitrogen and oxygen atoms in total. The number of nitrogens with zero attached hydrogens (tertiary/aromatic N) is 1. The zero-order valence-electron chi connectivity index (χ0n) is 15.5. The number of aryl methyl sites for hydroxylation is 1. The van der Waals surface area contributed by atoms with Gasteiger partial charge in [0.2, 0.25) is 0 Å². The summed E-state index contributed by atoms with van der Waals surface area (Å²) in [6.07, 6.45) is 0. The molecule has 2 amide bonds. The molecule has 0 saturated carbocycles. The Bertz CT molecular complexity index is 828. The van der Waals surface area contributed by atoms with Crippen molar-refractivity contribution in [2.75, 3.05) is 27.9 Å². The summed E-state index contributed by atoms with van der Waals surface area (Å²) < 4.78 is 10.7. The molecule has 1 atom stereocenters. The molecule has 1 N–H and O–H groups in total. The summed E-state index contributed by atoms with van der Waals surface area (Å²) in [5.74, 6) is 0.899. The number of ether oxygens (including phenoxy) is 2. The maximum atomic E-state index is 12.5. The lowest BCUT2D eigenvalue weighted by atomic mass is 10.1. The second-order valence-corrected chi connectivity index (χ2v) is 6.51. The van der Waals surface area contributed by atoms with Gasteiger partial charge in [0.05, 0.1) is 32.4 Å². The smallest absolute Gasteiger partial charge is 0.265 e. The summed E-state index contributed by atoms with van der Waals surface area (Å²) in [4.78, 5) is 27.3. The van der Waals surface area contributed by atoms with Gasteiger partial charge >= 0.3 is 0 Å². The van der Waals surface area contributed by atoms with E-state index >= 15 is 0 Å². The van der Waals surface area contributed by atoms with Gasteiger partial charge in [0.15, 0.2) is 18.2 Å². The molecule has 1 heterocycles. The van der Waals surface area contributed by atoms with Gasteiger partial charge in [-0.15, -0.1) is 0 Å². The van der Waals surface area contributed by atoms with E-state index in [1.54, 1.807) is 38.5 Å². The van der Waals surface area contributed by atoms with Gasteiger partial charge in [-0.3, -0.25) is 9.59 Å². The predicted octanol–water partition coefficient (Wildman–Crippen LogP) is 1.28. The maximum Gasteiger partial charge on any atom is 0.265 e. The Labute approximate surface area is 152 Å². The normalized spacial score (nSPS) is 14.4. The highest BCUT2D eigenvalue weighted by Crippen LogP contribution is 2.30. The SMILES string of the molecule is COc1cc(C)c(C[NH+](C)CN2C(=O)c3ccccc3C2=O)cc1OC. The van der Waals surface area contributed by atoms with Crippen LogP contribution in [0.3, 0.4) is 0 Å². The minimum atomic E-state index is -0.228. The molecule has 0 fully saturated rings. The maximum absolute atomic E-state index is 12.5. The van der Waals surface area contributed by atoms with Gasteiger partial charge in [-0.1, -0.05) is 12.1 Å². The first-order valence-electron chi connectivity index (χ1n) is 8.44. The topological polar surface area (TPSA) is 60.3 Å². The highest BCUT2D eigenvalue weighted by atomic mass is 16.5. The fourth-order valence-electron chi connectivity index (χ4n) is 3.25. The summed E-state index contributed by atoms with van der Waals surface area (Å²) in [6.45, 7) is 2.96. The first-order valence-corrected chi connectivity index (χ1v) is 8.44. The van der Waals surface area contributed by atoms with Crippen LogP contribution in [0.25, 0.3) is 0 Å². The van der Waals surface area contributed by atoms with Crippen molar-refractivity contribution in [1.29, 1.82) is 0 Å². The Kier molecular flexibility index (Phi) is 4.95. The van der Waals surface area contributed by atoms with E-state index in [1.807, 2.05) is 26.1 Å². The molecule has 0 saturated heterocycles. The molecule has 3 rings (SSSR count). The summed E-state index contributed by atoms with van der Waals surface area (Å²) in [7, 11) is 5.17. The van der Waals surface area contributed by atoms with E-state index in [9.17, 15) is 9.59 Å². The Morgan fingerprint density at radius 3 is 2.04 bits per heavy atom. The van der Waals surface area contributed by atoms with Gasteiger partial charge < -0.3 is 14.4 Å². The quantitative estimate of drug-likeness (QED) is 0.793. The van der Waals surface area contributed by atoms with Crippen LogP contribution in [0.4, 0.5) is 0 Å². The molecule has 6 heteroatoms. The molecule has 0 bridgehead atoms. The van der Waals surface area contributed by atoms with E-state index in [1.165, 1.54) is 4.90 Å². The Balaban J connectivity index is 1.75. The van der Waals surface area contributed by atoms with Crippen molar-refractivity contribution in [3.8, 4) is 11.5 Å². The fraction of sp³-hybridized carbons (Fsp3) is 0.300. The zero-order chi connectivity index (χ0) is 18.8. The minimum Gasteiger partial charge on any atom is -0.493 e. The van der Waals surface area contributed by atoms with Crippen LogP contribution in [-0.4, -0.2) is 44.7 Å². The third-order valence-electron chi connectivity index (χ3n) is 4.64. The summed E-state index contributed by atoms with van der Waals surface area (Å²) in [5, 5.41) is 0. The van der Waals surface area contributed by atoms with Gasteiger partial charge in [0.25, 0.3) is 11.8 Å². The number of carbonyl (C=O) groups is 2. The molecule has 1 aliphatic heterocycles. The van der Waals surface area contributed by atoms with E-state index in [2.05, 4.69) is 0 Å². The Morgan fingerprint density at radius 2 is 1.50 bits per heavy atom.